The fourth-order valence-corrected chi connectivity index (χ4v) is 1.29. The summed E-state index contributed by atoms with van der Waals surface area (Å²) in [7, 11) is 0. The van der Waals surface area contributed by atoms with E-state index in [9.17, 15) is 8.78 Å². The average Bonchev–Trinajstić information content (AvgIpc) is 1.98. The molecule has 0 aliphatic carbocycles. The molecule has 3 heteroatoms. The molecule has 0 spiro atoms. The summed E-state index contributed by atoms with van der Waals surface area (Å²) < 4.78 is 25.7. The molecule has 0 heterocycles. The Bertz CT molecular complexity index is 285. The molecule has 0 aliphatic heterocycles. The highest BCUT2D eigenvalue weighted by Crippen LogP contribution is 2.14. The van der Waals surface area contributed by atoms with Gasteiger partial charge >= 0.3 is 0 Å². The summed E-state index contributed by atoms with van der Waals surface area (Å²) in [4.78, 5) is 0. The van der Waals surface area contributed by atoms with Gasteiger partial charge in [0.1, 0.15) is 0 Å². The largest absolute Gasteiger partial charge is 0.328 e. The minimum absolute atomic E-state index is 0.0377. The zero-order valence-electron chi connectivity index (χ0n) is 7.77. The molecule has 2 N–H and O–H groups in total. The van der Waals surface area contributed by atoms with Crippen LogP contribution in [0.15, 0.2) is 12.1 Å². The van der Waals surface area contributed by atoms with Crippen molar-refractivity contribution in [3.05, 3.63) is 34.9 Å². The molecule has 0 radical (unpaired) electrons. The van der Waals surface area contributed by atoms with Crippen LogP contribution in [0.25, 0.3) is 0 Å². The van der Waals surface area contributed by atoms with Gasteiger partial charge in [-0.2, -0.15) is 0 Å². The summed E-state index contributed by atoms with van der Waals surface area (Å²) in [5.41, 5.74) is 6.62. The molecule has 13 heavy (non-hydrogen) atoms. The molecule has 0 bridgehead atoms. The summed E-state index contributed by atoms with van der Waals surface area (Å²) in [5, 5.41) is 0. The molecular formula is C10H13F2N. The summed E-state index contributed by atoms with van der Waals surface area (Å²) in [6, 6.07) is 2.79. The summed E-state index contributed by atoms with van der Waals surface area (Å²) in [5.74, 6) is -1.57. The maximum absolute atomic E-state index is 12.9. The number of nitrogens with two attached hydrogens (primary N) is 1. The van der Waals surface area contributed by atoms with E-state index >= 15 is 0 Å². The standard InChI is InChI=1S/C10H13F2N/c1-6-3-8(4-7(2)13)5-9(11)10(6)12/h3,5,7H,4,13H2,1-2H3. The van der Waals surface area contributed by atoms with Crippen LogP contribution in [0.5, 0.6) is 0 Å². The van der Waals surface area contributed by atoms with Crippen LogP contribution in [0.2, 0.25) is 0 Å². The van der Waals surface area contributed by atoms with E-state index in [1.807, 2.05) is 6.92 Å². The van der Waals surface area contributed by atoms with Crippen LogP contribution in [0.4, 0.5) is 8.78 Å². The molecule has 1 atom stereocenters. The van der Waals surface area contributed by atoms with Crippen molar-refractivity contribution in [1.29, 1.82) is 0 Å². The van der Waals surface area contributed by atoms with Gasteiger partial charge in [-0.3, -0.25) is 0 Å². The number of hydrogen-bond donors (Lipinski definition) is 1. The van der Waals surface area contributed by atoms with Crippen molar-refractivity contribution in [2.45, 2.75) is 26.3 Å². The first kappa shape index (κ1) is 10.1. The molecule has 0 saturated carbocycles. The third-order valence-corrected chi connectivity index (χ3v) is 1.83. The lowest BCUT2D eigenvalue weighted by Crippen LogP contribution is -2.18. The molecule has 0 aliphatic rings. The number of benzene rings is 1. The Balaban J connectivity index is 2.99. The third kappa shape index (κ3) is 2.49. The minimum Gasteiger partial charge on any atom is -0.328 e. The summed E-state index contributed by atoms with van der Waals surface area (Å²) in [6.45, 7) is 3.37. The zero-order chi connectivity index (χ0) is 10.0. The first-order valence-electron chi connectivity index (χ1n) is 4.21. The molecule has 72 valence electrons. The van der Waals surface area contributed by atoms with E-state index in [2.05, 4.69) is 0 Å². The molecule has 0 fully saturated rings. The molecular weight excluding hydrogens is 172 g/mol. The Kier molecular flexibility index (Phi) is 2.98. The molecule has 0 aromatic heterocycles. The van der Waals surface area contributed by atoms with Crippen molar-refractivity contribution >= 4 is 0 Å². The van der Waals surface area contributed by atoms with Gasteiger partial charge in [-0.05, 0) is 37.5 Å². The van der Waals surface area contributed by atoms with Gasteiger partial charge in [0, 0.05) is 6.04 Å². The summed E-state index contributed by atoms with van der Waals surface area (Å²) >= 11 is 0. The Morgan fingerprint density at radius 3 is 2.46 bits per heavy atom. The van der Waals surface area contributed by atoms with Gasteiger partial charge in [-0.25, -0.2) is 8.78 Å². The van der Waals surface area contributed by atoms with Crippen LogP contribution in [0, 0.1) is 18.6 Å². The second-order valence-electron chi connectivity index (χ2n) is 3.39. The van der Waals surface area contributed by atoms with Crippen molar-refractivity contribution in [3.8, 4) is 0 Å². The van der Waals surface area contributed by atoms with Gasteiger partial charge in [-0.15, -0.1) is 0 Å². The predicted molar refractivity (Wildman–Crippen MR) is 48.4 cm³/mol. The Morgan fingerprint density at radius 1 is 1.38 bits per heavy atom. The second-order valence-corrected chi connectivity index (χ2v) is 3.39. The monoisotopic (exact) mass is 185 g/mol. The molecule has 1 aromatic carbocycles. The van der Waals surface area contributed by atoms with Crippen molar-refractivity contribution in [2.75, 3.05) is 0 Å². The lowest BCUT2D eigenvalue weighted by molar-refractivity contribution is 0.501. The van der Waals surface area contributed by atoms with Gasteiger partial charge in [0.25, 0.3) is 0 Å². The van der Waals surface area contributed by atoms with E-state index in [1.165, 1.54) is 6.07 Å². The second kappa shape index (κ2) is 3.83. The lowest BCUT2D eigenvalue weighted by Gasteiger charge is -2.07. The highest BCUT2D eigenvalue weighted by atomic mass is 19.2. The lowest BCUT2D eigenvalue weighted by atomic mass is 10.0. The van der Waals surface area contributed by atoms with Crippen LogP contribution < -0.4 is 5.73 Å². The predicted octanol–water partition coefficient (Wildman–Crippen LogP) is 2.16. The maximum Gasteiger partial charge on any atom is 0.161 e. The van der Waals surface area contributed by atoms with Crippen molar-refractivity contribution in [3.63, 3.8) is 0 Å². The minimum atomic E-state index is -0.796. The van der Waals surface area contributed by atoms with Gasteiger partial charge in [-0.1, -0.05) is 6.07 Å². The molecule has 1 nitrogen and oxygen atoms in total. The van der Waals surface area contributed by atoms with E-state index in [-0.39, 0.29) is 6.04 Å². The molecule has 0 saturated heterocycles. The van der Waals surface area contributed by atoms with Gasteiger partial charge in [0.15, 0.2) is 11.6 Å². The van der Waals surface area contributed by atoms with Crippen molar-refractivity contribution in [1.82, 2.24) is 0 Å². The first-order valence-corrected chi connectivity index (χ1v) is 4.21. The molecule has 1 rings (SSSR count). The Morgan fingerprint density at radius 2 is 2.00 bits per heavy atom. The van der Waals surface area contributed by atoms with Gasteiger partial charge < -0.3 is 5.73 Å². The van der Waals surface area contributed by atoms with Crippen LogP contribution in [0.1, 0.15) is 18.1 Å². The molecule has 0 amide bonds. The molecule has 1 unspecified atom stereocenters. The summed E-state index contributed by atoms with van der Waals surface area (Å²) in [6.07, 6.45) is 0.567. The third-order valence-electron chi connectivity index (χ3n) is 1.83. The van der Waals surface area contributed by atoms with Crippen LogP contribution in [-0.2, 0) is 6.42 Å². The highest BCUT2D eigenvalue weighted by Gasteiger charge is 2.07. The quantitative estimate of drug-likeness (QED) is 0.750. The van der Waals surface area contributed by atoms with E-state index in [1.54, 1.807) is 13.0 Å². The van der Waals surface area contributed by atoms with E-state index in [4.69, 9.17) is 5.73 Å². The zero-order valence-corrected chi connectivity index (χ0v) is 7.77. The maximum atomic E-state index is 12.9. The Hall–Kier alpha value is -0.960. The van der Waals surface area contributed by atoms with Crippen LogP contribution in [0.3, 0.4) is 0 Å². The topological polar surface area (TPSA) is 26.0 Å². The normalized spacial score (nSPS) is 13.0. The van der Waals surface area contributed by atoms with Gasteiger partial charge in [0.2, 0.25) is 0 Å². The van der Waals surface area contributed by atoms with E-state index in [0.29, 0.717) is 12.0 Å². The highest BCUT2D eigenvalue weighted by molar-refractivity contribution is 5.25. The number of hydrogen-bond acceptors (Lipinski definition) is 1. The van der Waals surface area contributed by atoms with Crippen LogP contribution >= 0.6 is 0 Å². The van der Waals surface area contributed by atoms with Crippen molar-refractivity contribution in [2.24, 2.45) is 5.73 Å². The molecule has 1 aromatic rings. The van der Waals surface area contributed by atoms with Gasteiger partial charge in [0.05, 0.1) is 0 Å². The van der Waals surface area contributed by atoms with Crippen LogP contribution in [-0.4, -0.2) is 6.04 Å². The van der Waals surface area contributed by atoms with E-state index < -0.39 is 11.6 Å². The average molecular weight is 185 g/mol. The number of halogens is 2. The fourth-order valence-electron chi connectivity index (χ4n) is 1.29. The first-order chi connectivity index (χ1) is 6.00. The number of aryl methyl sites for hydroxylation is 1. The smallest absolute Gasteiger partial charge is 0.161 e. The van der Waals surface area contributed by atoms with E-state index in [0.717, 1.165) is 5.56 Å². The fraction of sp³-hybridized carbons (Fsp3) is 0.400. The number of rotatable bonds is 2. The SMILES string of the molecule is Cc1cc(CC(C)N)cc(F)c1F. The van der Waals surface area contributed by atoms with Crippen molar-refractivity contribution < 1.29 is 8.78 Å². The Labute approximate surface area is 76.6 Å².